The van der Waals surface area contributed by atoms with Crippen LogP contribution in [0.15, 0.2) is 78.4 Å². The third-order valence-electron chi connectivity index (χ3n) is 5.98. The summed E-state index contributed by atoms with van der Waals surface area (Å²) in [6, 6.07) is 19.6. The minimum Gasteiger partial charge on any atom is -0.507 e. The fraction of sp³-hybridized carbons (Fsp3) is 0.207. The number of rotatable bonds is 7. The van der Waals surface area contributed by atoms with E-state index < -0.39 is 23.7 Å². The number of esters is 1. The van der Waals surface area contributed by atoms with Gasteiger partial charge in [0.15, 0.2) is 0 Å². The number of methoxy groups -OCH3 is 1. The first-order valence-corrected chi connectivity index (χ1v) is 11.7. The highest BCUT2D eigenvalue weighted by Crippen LogP contribution is 2.43. The molecule has 0 radical (unpaired) electrons. The predicted molar refractivity (Wildman–Crippen MR) is 136 cm³/mol. The molecular weight excluding hydrogens is 458 g/mol. The normalized spacial score (nSPS) is 16.8. The van der Waals surface area contributed by atoms with Crippen molar-refractivity contribution in [1.82, 2.24) is 0 Å². The Morgan fingerprint density at radius 1 is 1.00 bits per heavy atom. The van der Waals surface area contributed by atoms with E-state index in [1.54, 1.807) is 48.5 Å². The molecule has 1 fully saturated rings. The number of carbonyl (C=O) groups is 3. The van der Waals surface area contributed by atoms with Crippen molar-refractivity contribution < 1.29 is 29.0 Å². The molecule has 0 saturated carbocycles. The van der Waals surface area contributed by atoms with Crippen molar-refractivity contribution in [2.45, 2.75) is 26.3 Å². The van der Waals surface area contributed by atoms with Crippen LogP contribution >= 0.6 is 0 Å². The number of aryl methyl sites for hydroxylation is 1. The first-order chi connectivity index (χ1) is 17.4. The smallest absolute Gasteiger partial charge is 0.338 e. The standard InChI is InChI=1S/C29H27NO6/c1-4-16-36-29(34)19-12-14-21(15-13-19)30-25(20-9-7-8-18(2)17-20)24(27(32)28(30)33)26(31)22-10-5-6-11-23(22)35-3/h5-15,17,25,31H,4,16H2,1-3H3/b26-24+. The van der Waals surface area contributed by atoms with Crippen molar-refractivity contribution in [3.8, 4) is 5.75 Å². The van der Waals surface area contributed by atoms with Crippen LogP contribution in [0.4, 0.5) is 5.69 Å². The fourth-order valence-electron chi connectivity index (χ4n) is 4.28. The zero-order valence-electron chi connectivity index (χ0n) is 20.4. The maximum absolute atomic E-state index is 13.3. The lowest BCUT2D eigenvalue weighted by atomic mass is 9.94. The monoisotopic (exact) mass is 485 g/mol. The molecule has 184 valence electrons. The number of aliphatic hydroxyl groups is 1. The average Bonchev–Trinajstić information content (AvgIpc) is 3.17. The van der Waals surface area contributed by atoms with Gasteiger partial charge in [0.1, 0.15) is 11.5 Å². The Morgan fingerprint density at radius 2 is 1.72 bits per heavy atom. The summed E-state index contributed by atoms with van der Waals surface area (Å²) in [6.45, 7) is 4.13. The number of hydrogen-bond donors (Lipinski definition) is 1. The van der Waals surface area contributed by atoms with Gasteiger partial charge in [-0.1, -0.05) is 48.9 Å². The van der Waals surface area contributed by atoms with Gasteiger partial charge < -0.3 is 14.6 Å². The molecule has 1 atom stereocenters. The lowest BCUT2D eigenvalue weighted by molar-refractivity contribution is -0.132. The van der Waals surface area contributed by atoms with E-state index in [1.807, 2.05) is 38.1 Å². The van der Waals surface area contributed by atoms with E-state index in [0.717, 1.165) is 5.56 Å². The van der Waals surface area contributed by atoms with Crippen LogP contribution in [0.25, 0.3) is 5.76 Å². The van der Waals surface area contributed by atoms with Crippen LogP contribution in [0.2, 0.25) is 0 Å². The summed E-state index contributed by atoms with van der Waals surface area (Å²) in [5, 5.41) is 11.3. The van der Waals surface area contributed by atoms with Crippen LogP contribution in [0.3, 0.4) is 0 Å². The molecule has 0 spiro atoms. The van der Waals surface area contributed by atoms with E-state index in [9.17, 15) is 19.5 Å². The van der Waals surface area contributed by atoms with Crippen molar-refractivity contribution in [3.05, 3.63) is 101 Å². The molecule has 1 amide bonds. The molecular formula is C29H27NO6. The van der Waals surface area contributed by atoms with Gasteiger partial charge in [0.05, 0.1) is 36.5 Å². The molecule has 1 aliphatic heterocycles. The minimum absolute atomic E-state index is 0.0402. The molecule has 4 rings (SSSR count). The highest BCUT2D eigenvalue weighted by Gasteiger charge is 2.47. The van der Waals surface area contributed by atoms with Crippen molar-refractivity contribution in [3.63, 3.8) is 0 Å². The highest BCUT2D eigenvalue weighted by molar-refractivity contribution is 6.51. The predicted octanol–water partition coefficient (Wildman–Crippen LogP) is 5.20. The van der Waals surface area contributed by atoms with Gasteiger partial charge in [-0.15, -0.1) is 0 Å². The van der Waals surface area contributed by atoms with Crippen molar-refractivity contribution in [2.75, 3.05) is 18.6 Å². The van der Waals surface area contributed by atoms with Gasteiger partial charge in [-0.2, -0.15) is 0 Å². The van der Waals surface area contributed by atoms with Crippen LogP contribution in [-0.2, 0) is 14.3 Å². The average molecular weight is 486 g/mol. The molecule has 3 aromatic rings. The van der Waals surface area contributed by atoms with E-state index in [-0.39, 0.29) is 11.3 Å². The Kier molecular flexibility index (Phi) is 7.20. The second kappa shape index (κ2) is 10.5. The Balaban J connectivity index is 1.86. The molecule has 1 heterocycles. The van der Waals surface area contributed by atoms with Crippen molar-refractivity contribution in [2.24, 2.45) is 0 Å². The lowest BCUT2D eigenvalue weighted by Crippen LogP contribution is -2.29. The summed E-state index contributed by atoms with van der Waals surface area (Å²) in [7, 11) is 1.47. The maximum Gasteiger partial charge on any atom is 0.338 e. The van der Waals surface area contributed by atoms with Crippen LogP contribution in [0.1, 0.15) is 46.4 Å². The number of hydrogen-bond acceptors (Lipinski definition) is 6. The number of amides is 1. The molecule has 0 aliphatic carbocycles. The molecule has 36 heavy (non-hydrogen) atoms. The number of carbonyl (C=O) groups excluding carboxylic acids is 3. The number of ether oxygens (including phenoxy) is 2. The second-order valence-electron chi connectivity index (χ2n) is 8.47. The SMILES string of the molecule is CCCOC(=O)c1ccc(N2C(=O)C(=O)/C(=C(/O)c3ccccc3OC)C2c2cccc(C)c2)cc1. The Labute approximate surface area is 209 Å². The Morgan fingerprint density at radius 3 is 2.39 bits per heavy atom. The van der Waals surface area contributed by atoms with Crippen LogP contribution in [0.5, 0.6) is 5.75 Å². The first-order valence-electron chi connectivity index (χ1n) is 11.7. The quantitative estimate of drug-likeness (QED) is 0.214. The first kappa shape index (κ1) is 24.7. The third-order valence-corrected chi connectivity index (χ3v) is 5.98. The van der Waals surface area contributed by atoms with Crippen LogP contribution in [0, 0.1) is 6.92 Å². The molecule has 7 heteroatoms. The number of nitrogens with zero attached hydrogens (tertiary/aromatic N) is 1. The number of para-hydroxylation sites is 1. The summed E-state index contributed by atoms with van der Waals surface area (Å²) in [5.74, 6) is -1.99. The molecule has 1 saturated heterocycles. The number of aliphatic hydroxyl groups excluding tert-OH is 1. The largest absolute Gasteiger partial charge is 0.507 e. The van der Waals surface area contributed by atoms with E-state index >= 15 is 0 Å². The maximum atomic E-state index is 13.3. The molecule has 1 N–H and O–H groups in total. The molecule has 0 aromatic heterocycles. The summed E-state index contributed by atoms with van der Waals surface area (Å²) in [4.78, 5) is 40.3. The zero-order chi connectivity index (χ0) is 25.8. The van der Waals surface area contributed by atoms with Gasteiger partial charge in [-0.25, -0.2) is 4.79 Å². The highest BCUT2D eigenvalue weighted by atomic mass is 16.5. The van der Waals surface area contributed by atoms with E-state index in [4.69, 9.17) is 9.47 Å². The minimum atomic E-state index is -0.882. The molecule has 1 unspecified atom stereocenters. The fourth-order valence-corrected chi connectivity index (χ4v) is 4.28. The molecule has 1 aliphatic rings. The third kappa shape index (κ3) is 4.60. The number of Topliss-reactive ketones (excluding diaryl/α,β-unsaturated/α-hetero) is 1. The summed E-state index contributed by atoms with van der Waals surface area (Å²) in [6.07, 6.45) is 0.706. The lowest BCUT2D eigenvalue weighted by Gasteiger charge is -2.26. The van der Waals surface area contributed by atoms with Gasteiger partial charge in [0.25, 0.3) is 11.7 Å². The van der Waals surface area contributed by atoms with E-state index in [0.29, 0.717) is 41.2 Å². The van der Waals surface area contributed by atoms with Crippen molar-refractivity contribution in [1.29, 1.82) is 0 Å². The Bertz CT molecular complexity index is 1340. The number of anilines is 1. The Hall–Kier alpha value is -4.39. The van der Waals surface area contributed by atoms with Gasteiger partial charge in [-0.3, -0.25) is 14.5 Å². The van der Waals surface area contributed by atoms with E-state index in [1.165, 1.54) is 12.0 Å². The van der Waals surface area contributed by atoms with Crippen LogP contribution in [-0.4, -0.2) is 36.5 Å². The topological polar surface area (TPSA) is 93.1 Å². The molecule has 3 aromatic carbocycles. The number of ketones is 1. The van der Waals surface area contributed by atoms with Gasteiger partial charge in [0.2, 0.25) is 0 Å². The summed E-state index contributed by atoms with van der Waals surface area (Å²) in [5.41, 5.74) is 2.62. The molecule has 7 nitrogen and oxygen atoms in total. The van der Waals surface area contributed by atoms with Crippen molar-refractivity contribution >= 4 is 29.1 Å². The summed E-state index contributed by atoms with van der Waals surface area (Å²) >= 11 is 0. The zero-order valence-corrected chi connectivity index (χ0v) is 20.4. The second-order valence-corrected chi connectivity index (χ2v) is 8.47. The van der Waals surface area contributed by atoms with Crippen LogP contribution < -0.4 is 9.64 Å². The van der Waals surface area contributed by atoms with Gasteiger partial charge in [-0.05, 0) is 55.3 Å². The van der Waals surface area contributed by atoms with Gasteiger partial charge >= 0.3 is 5.97 Å². The summed E-state index contributed by atoms with van der Waals surface area (Å²) < 4.78 is 10.6. The number of benzene rings is 3. The molecule has 0 bridgehead atoms. The van der Waals surface area contributed by atoms with E-state index in [2.05, 4.69) is 0 Å². The van der Waals surface area contributed by atoms with Gasteiger partial charge in [0, 0.05) is 5.69 Å².